The van der Waals surface area contributed by atoms with Crippen molar-refractivity contribution in [1.29, 1.82) is 0 Å². The van der Waals surface area contributed by atoms with E-state index < -0.39 is 11.7 Å². The zero-order valence-electron chi connectivity index (χ0n) is 8.42. The highest BCUT2D eigenvalue weighted by Crippen LogP contribution is 2.35. The van der Waals surface area contributed by atoms with Gasteiger partial charge in [-0.15, -0.1) is 0 Å². The lowest BCUT2D eigenvalue weighted by Crippen LogP contribution is -2.22. The summed E-state index contributed by atoms with van der Waals surface area (Å²) in [6.45, 7) is 1.33. The fourth-order valence-electron chi connectivity index (χ4n) is 1.59. The van der Waals surface area contributed by atoms with Crippen molar-refractivity contribution in [2.75, 3.05) is 13.1 Å². The number of hydrogen-bond donors (Lipinski definition) is 1. The van der Waals surface area contributed by atoms with Gasteiger partial charge in [-0.2, -0.15) is 13.2 Å². The van der Waals surface area contributed by atoms with Crippen LogP contribution >= 0.6 is 0 Å². The highest BCUT2D eigenvalue weighted by Gasteiger charge is 2.35. The Morgan fingerprint density at radius 3 is 2.88 bits per heavy atom. The number of aromatic nitrogens is 1. The maximum Gasteiger partial charge on any atom is 0.421 e. The van der Waals surface area contributed by atoms with E-state index in [4.69, 9.17) is 4.74 Å². The summed E-state index contributed by atoms with van der Waals surface area (Å²) in [7, 11) is 0. The number of nitrogens with zero attached hydrogens (tertiary/aromatic N) is 1. The molecule has 0 saturated carbocycles. The molecule has 16 heavy (non-hydrogen) atoms. The van der Waals surface area contributed by atoms with Gasteiger partial charge in [-0.1, -0.05) is 0 Å². The van der Waals surface area contributed by atoms with Crippen LogP contribution in [0.25, 0.3) is 0 Å². The van der Waals surface area contributed by atoms with Crippen LogP contribution in [-0.2, 0) is 6.18 Å². The molecule has 0 aromatic carbocycles. The van der Waals surface area contributed by atoms with E-state index in [1.807, 2.05) is 0 Å². The molecule has 1 aliphatic heterocycles. The summed E-state index contributed by atoms with van der Waals surface area (Å²) < 4.78 is 43.0. The highest BCUT2D eigenvalue weighted by molar-refractivity contribution is 5.28. The Balaban J connectivity index is 2.19. The van der Waals surface area contributed by atoms with Crippen LogP contribution in [0.4, 0.5) is 13.2 Å². The quantitative estimate of drug-likeness (QED) is 0.844. The average molecular weight is 232 g/mol. The van der Waals surface area contributed by atoms with Gasteiger partial charge in [-0.05, 0) is 25.1 Å². The molecular formula is C10H11F3N2O. The molecule has 1 N–H and O–H groups in total. The van der Waals surface area contributed by atoms with Crippen LogP contribution in [0.3, 0.4) is 0 Å². The highest BCUT2D eigenvalue weighted by atomic mass is 19.4. The minimum atomic E-state index is -4.42. The maximum absolute atomic E-state index is 12.6. The van der Waals surface area contributed by atoms with Crippen molar-refractivity contribution in [3.8, 4) is 5.88 Å². The summed E-state index contributed by atoms with van der Waals surface area (Å²) in [6.07, 6.45) is -2.65. The topological polar surface area (TPSA) is 34.1 Å². The smallest absolute Gasteiger partial charge is 0.421 e. The monoisotopic (exact) mass is 232 g/mol. The molecule has 6 heteroatoms. The van der Waals surface area contributed by atoms with Crippen molar-refractivity contribution >= 4 is 0 Å². The first-order valence-electron chi connectivity index (χ1n) is 4.97. The molecule has 0 aliphatic carbocycles. The number of alkyl halides is 3. The summed E-state index contributed by atoms with van der Waals surface area (Å²) in [5.41, 5.74) is -0.818. The van der Waals surface area contributed by atoms with Crippen molar-refractivity contribution in [1.82, 2.24) is 10.3 Å². The second-order valence-corrected chi connectivity index (χ2v) is 3.59. The van der Waals surface area contributed by atoms with Gasteiger partial charge in [-0.3, -0.25) is 0 Å². The minimum absolute atomic E-state index is 0.226. The molecule has 88 valence electrons. The molecule has 0 spiro atoms. The van der Waals surface area contributed by atoms with Crippen molar-refractivity contribution in [3.63, 3.8) is 0 Å². The lowest BCUT2D eigenvalue weighted by atomic mass is 10.2. The summed E-state index contributed by atoms with van der Waals surface area (Å²) in [5.74, 6) is -0.330. The molecule has 0 unspecified atom stereocenters. The normalized spacial score (nSPS) is 21.1. The summed E-state index contributed by atoms with van der Waals surface area (Å²) in [4.78, 5) is 3.64. The zero-order valence-corrected chi connectivity index (χ0v) is 8.42. The average Bonchev–Trinajstić information content (AvgIpc) is 2.70. The molecule has 1 fully saturated rings. The molecular weight excluding hydrogens is 221 g/mol. The number of ether oxygens (including phenoxy) is 1. The van der Waals surface area contributed by atoms with Gasteiger partial charge in [0.2, 0.25) is 5.88 Å². The van der Waals surface area contributed by atoms with Crippen molar-refractivity contribution in [2.45, 2.75) is 18.7 Å². The van der Waals surface area contributed by atoms with Crippen molar-refractivity contribution < 1.29 is 17.9 Å². The molecule has 3 nitrogen and oxygen atoms in total. The summed E-state index contributed by atoms with van der Waals surface area (Å²) >= 11 is 0. The second kappa shape index (κ2) is 4.29. The van der Waals surface area contributed by atoms with Gasteiger partial charge in [0, 0.05) is 12.7 Å². The largest absolute Gasteiger partial charge is 0.473 e. The first kappa shape index (κ1) is 11.2. The lowest BCUT2D eigenvalue weighted by Gasteiger charge is -2.15. The molecule has 2 heterocycles. The Labute approximate surface area is 90.6 Å². The van der Waals surface area contributed by atoms with Crippen molar-refractivity contribution in [2.24, 2.45) is 0 Å². The fourth-order valence-corrected chi connectivity index (χ4v) is 1.59. The van der Waals surface area contributed by atoms with Crippen LogP contribution in [0.1, 0.15) is 12.0 Å². The molecule has 1 aromatic rings. The van der Waals surface area contributed by atoms with E-state index in [2.05, 4.69) is 10.3 Å². The van der Waals surface area contributed by atoms with Gasteiger partial charge in [0.1, 0.15) is 11.7 Å². The van der Waals surface area contributed by atoms with Crippen LogP contribution in [0.15, 0.2) is 18.3 Å². The first-order valence-corrected chi connectivity index (χ1v) is 4.97. The number of nitrogens with one attached hydrogen (secondary N) is 1. The summed E-state index contributed by atoms with van der Waals surface area (Å²) in [5, 5.41) is 3.02. The van der Waals surface area contributed by atoms with Gasteiger partial charge in [0.25, 0.3) is 0 Å². The van der Waals surface area contributed by atoms with Gasteiger partial charge in [-0.25, -0.2) is 4.98 Å². The van der Waals surface area contributed by atoms with Crippen LogP contribution in [0.2, 0.25) is 0 Å². The predicted molar refractivity (Wildman–Crippen MR) is 51.1 cm³/mol. The third-order valence-electron chi connectivity index (χ3n) is 2.37. The van der Waals surface area contributed by atoms with Crippen LogP contribution in [0.5, 0.6) is 5.88 Å². The molecule has 0 bridgehead atoms. The molecule has 1 saturated heterocycles. The Bertz CT molecular complexity index is 361. The zero-order chi connectivity index (χ0) is 11.6. The molecule has 1 aliphatic rings. The minimum Gasteiger partial charge on any atom is -0.473 e. The lowest BCUT2D eigenvalue weighted by molar-refractivity contribution is -0.139. The number of hydrogen-bond acceptors (Lipinski definition) is 3. The first-order chi connectivity index (χ1) is 7.57. The Morgan fingerprint density at radius 1 is 1.44 bits per heavy atom. The van der Waals surface area contributed by atoms with E-state index in [0.717, 1.165) is 12.6 Å². The predicted octanol–water partition coefficient (Wildman–Crippen LogP) is 1.84. The molecule has 0 radical (unpaired) electrons. The standard InChI is InChI=1S/C10H11F3N2O/c11-10(12,13)8-2-1-4-15-9(8)16-7-3-5-14-6-7/h1-2,4,7,14H,3,5-6H2/t7-/m0/s1. The molecule has 0 amide bonds. The summed E-state index contributed by atoms with van der Waals surface area (Å²) in [6, 6.07) is 2.23. The van der Waals surface area contributed by atoms with E-state index in [9.17, 15) is 13.2 Å². The van der Waals surface area contributed by atoms with Gasteiger partial charge in [0.15, 0.2) is 0 Å². The van der Waals surface area contributed by atoms with E-state index >= 15 is 0 Å². The van der Waals surface area contributed by atoms with Crippen LogP contribution < -0.4 is 10.1 Å². The Kier molecular flexibility index (Phi) is 3.00. The van der Waals surface area contributed by atoms with E-state index in [0.29, 0.717) is 13.0 Å². The molecule has 1 atom stereocenters. The Morgan fingerprint density at radius 2 is 2.25 bits per heavy atom. The van der Waals surface area contributed by atoms with Crippen LogP contribution in [-0.4, -0.2) is 24.2 Å². The second-order valence-electron chi connectivity index (χ2n) is 3.59. The van der Waals surface area contributed by atoms with Gasteiger partial charge in [0.05, 0.1) is 0 Å². The van der Waals surface area contributed by atoms with Crippen molar-refractivity contribution in [3.05, 3.63) is 23.9 Å². The number of halogens is 3. The van der Waals surface area contributed by atoms with E-state index in [1.54, 1.807) is 0 Å². The SMILES string of the molecule is FC(F)(F)c1cccnc1O[C@H]1CCNC1. The third-order valence-corrected chi connectivity index (χ3v) is 2.37. The van der Waals surface area contributed by atoms with Gasteiger partial charge >= 0.3 is 6.18 Å². The van der Waals surface area contributed by atoms with E-state index in [1.165, 1.54) is 12.3 Å². The van der Waals surface area contributed by atoms with Crippen LogP contribution in [0, 0.1) is 0 Å². The van der Waals surface area contributed by atoms with Gasteiger partial charge < -0.3 is 10.1 Å². The number of rotatable bonds is 2. The Hall–Kier alpha value is -1.30. The third kappa shape index (κ3) is 2.44. The number of pyridine rings is 1. The van der Waals surface area contributed by atoms with E-state index in [-0.39, 0.29) is 12.0 Å². The molecule has 1 aromatic heterocycles. The fraction of sp³-hybridized carbons (Fsp3) is 0.500. The molecule has 2 rings (SSSR count). The maximum atomic E-state index is 12.6.